The molecule has 0 aromatic rings. The van der Waals surface area contributed by atoms with E-state index in [1.807, 2.05) is 20.8 Å². The van der Waals surface area contributed by atoms with Gasteiger partial charge in [-0.2, -0.15) is 0 Å². The number of hydrogen-bond acceptors (Lipinski definition) is 3. The van der Waals surface area contributed by atoms with Crippen LogP contribution in [0.25, 0.3) is 0 Å². The van der Waals surface area contributed by atoms with Crippen LogP contribution in [0.5, 0.6) is 0 Å². The fraction of sp³-hybridized carbons (Fsp3) is 0.933. The van der Waals surface area contributed by atoms with Crippen molar-refractivity contribution in [3.63, 3.8) is 0 Å². The summed E-state index contributed by atoms with van der Waals surface area (Å²) >= 11 is 0. The van der Waals surface area contributed by atoms with E-state index in [9.17, 15) is 9.59 Å². The molecule has 0 rings (SSSR count). The highest BCUT2D eigenvalue weighted by molar-refractivity contribution is 5.76. The van der Waals surface area contributed by atoms with Gasteiger partial charge in [0.15, 0.2) is 0 Å². The molecule has 0 aliphatic carbocycles. The summed E-state index contributed by atoms with van der Waals surface area (Å²) < 4.78 is 5.24. The van der Waals surface area contributed by atoms with Gasteiger partial charge < -0.3 is 15.4 Å². The standard InChI is InChI=1S/C30H60N2O3/c1-6-8-10-12-15-19-23-27(24-20-16-13-11-9-7-2)32-28(33)25-21-17-14-18-22-26-31-29(34)35-30(3,4)5/h27H,6-26H2,1-5H3,(H,31,34)(H,32,33). The van der Waals surface area contributed by atoms with E-state index in [1.165, 1.54) is 77.0 Å². The van der Waals surface area contributed by atoms with Crippen molar-refractivity contribution in [2.75, 3.05) is 6.54 Å². The van der Waals surface area contributed by atoms with Crippen LogP contribution in [-0.4, -0.2) is 30.2 Å². The largest absolute Gasteiger partial charge is 0.444 e. The Kier molecular flexibility index (Phi) is 22.3. The second-order valence-electron chi connectivity index (χ2n) is 11.3. The van der Waals surface area contributed by atoms with Crippen LogP contribution in [0.4, 0.5) is 4.79 Å². The summed E-state index contributed by atoms with van der Waals surface area (Å²) in [6, 6.07) is 0.360. The van der Waals surface area contributed by atoms with E-state index in [1.54, 1.807) is 0 Å². The fourth-order valence-corrected chi connectivity index (χ4v) is 4.38. The maximum atomic E-state index is 12.6. The molecular weight excluding hydrogens is 436 g/mol. The summed E-state index contributed by atoms with van der Waals surface area (Å²) in [4.78, 5) is 24.2. The minimum Gasteiger partial charge on any atom is -0.444 e. The van der Waals surface area contributed by atoms with Gasteiger partial charge in [0.1, 0.15) is 5.60 Å². The lowest BCUT2D eigenvalue weighted by Crippen LogP contribution is -2.34. The van der Waals surface area contributed by atoms with E-state index >= 15 is 0 Å². The summed E-state index contributed by atoms with van der Waals surface area (Å²) in [6.07, 6.45) is 23.4. The minimum absolute atomic E-state index is 0.235. The van der Waals surface area contributed by atoms with E-state index in [0.29, 0.717) is 19.0 Å². The van der Waals surface area contributed by atoms with E-state index in [4.69, 9.17) is 4.74 Å². The van der Waals surface area contributed by atoms with Crippen LogP contribution in [-0.2, 0) is 9.53 Å². The minimum atomic E-state index is -0.451. The van der Waals surface area contributed by atoms with Crippen LogP contribution < -0.4 is 10.6 Å². The molecule has 0 aliphatic heterocycles. The first-order chi connectivity index (χ1) is 16.8. The molecule has 0 fully saturated rings. The number of amides is 2. The molecule has 0 aromatic carbocycles. The monoisotopic (exact) mass is 496 g/mol. The van der Waals surface area contributed by atoms with Crippen molar-refractivity contribution < 1.29 is 14.3 Å². The highest BCUT2D eigenvalue weighted by atomic mass is 16.6. The van der Waals surface area contributed by atoms with Gasteiger partial charge in [0.25, 0.3) is 0 Å². The van der Waals surface area contributed by atoms with Gasteiger partial charge in [0.05, 0.1) is 0 Å². The summed E-state index contributed by atoms with van der Waals surface area (Å²) in [7, 11) is 0. The lowest BCUT2D eigenvalue weighted by molar-refractivity contribution is -0.122. The van der Waals surface area contributed by atoms with E-state index in [-0.39, 0.29) is 12.0 Å². The first-order valence-electron chi connectivity index (χ1n) is 15.0. The third-order valence-electron chi connectivity index (χ3n) is 6.43. The Hall–Kier alpha value is -1.26. The second-order valence-corrected chi connectivity index (χ2v) is 11.3. The second kappa shape index (κ2) is 23.2. The van der Waals surface area contributed by atoms with E-state index in [0.717, 1.165) is 44.9 Å². The molecule has 0 spiro atoms. The number of nitrogens with one attached hydrogen (secondary N) is 2. The quantitative estimate of drug-likeness (QED) is 0.139. The van der Waals surface area contributed by atoms with Gasteiger partial charge in [0.2, 0.25) is 5.91 Å². The molecule has 0 saturated carbocycles. The first kappa shape index (κ1) is 33.7. The molecule has 0 radical (unpaired) electrons. The average Bonchev–Trinajstić information content (AvgIpc) is 2.78. The van der Waals surface area contributed by atoms with Gasteiger partial charge >= 0.3 is 6.09 Å². The van der Waals surface area contributed by atoms with Gasteiger partial charge in [-0.25, -0.2) is 4.79 Å². The van der Waals surface area contributed by atoms with Crippen LogP contribution in [0.2, 0.25) is 0 Å². The maximum absolute atomic E-state index is 12.6. The molecule has 0 unspecified atom stereocenters. The fourth-order valence-electron chi connectivity index (χ4n) is 4.38. The average molecular weight is 497 g/mol. The molecule has 5 nitrogen and oxygen atoms in total. The van der Waals surface area contributed by atoms with Crippen molar-refractivity contribution in [3.05, 3.63) is 0 Å². The van der Waals surface area contributed by atoms with Gasteiger partial charge in [-0.3, -0.25) is 4.79 Å². The zero-order valence-corrected chi connectivity index (χ0v) is 24.2. The summed E-state index contributed by atoms with van der Waals surface area (Å²) in [5.74, 6) is 0.235. The molecule has 2 N–H and O–H groups in total. The Morgan fingerprint density at radius 3 is 1.63 bits per heavy atom. The molecule has 0 aromatic heterocycles. The van der Waals surface area contributed by atoms with E-state index < -0.39 is 5.60 Å². The zero-order chi connectivity index (χ0) is 26.2. The Morgan fingerprint density at radius 2 is 1.11 bits per heavy atom. The normalized spacial score (nSPS) is 11.6. The van der Waals surface area contributed by atoms with Crippen LogP contribution in [0, 0.1) is 0 Å². The third kappa shape index (κ3) is 25.6. The predicted octanol–water partition coefficient (Wildman–Crippen LogP) is 8.84. The number of carbonyl (C=O) groups is 2. The number of rotatable bonds is 23. The number of ether oxygens (including phenoxy) is 1. The predicted molar refractivity (Wildman–Crippen MR) is 150 cm³/mol. The highest BCUT2D eigenvalue weighted by Gasteiger charge is 2.15. The van der Waals surface area contributed by atoms with Gasteiger partial charge in [-0.15, -0.1) is 0 Å². The van der Waals surface area contributed by atoms with Crippen molar-refractivity contribution >= 4 is 12.0 Å². The molecule has 0 aliphatic rings. The Labute approximate surface area is 218 Å². The molecule has 0 saturated heterocycles. The Bertz CT molecular complexity index is 486. The van der Waals surface area contributed by atoms with Crippen molar-refractivity contribution in [3.8, 4) is 0 Å². The highest BCUT2D eigenvalue weighted by Crippen LogP contribution is 2.15. The molecule has 0 atom stereocenters. The number of hydrogen-bond donors (Lipinski definition) is 2. The molecule has 0 heterocycles. The molecule has 0 bridgehead atoms. The molecule has 2 amide bonds. The molecule has 208 valence electrons. The Morgan fingerprint density at radius 1 is 0.657 bits per heavy atom. The van der Waals surface area contributed by atoms with E-state index in [2.05, 4.69) is 24.5 Å². The maximum Gasteiger partial charge on any atom is 0.407 e. The van der Waals surface area contributed by atoms with Crippen LogP contribution in [0.15, 0.2) is 0 Å². The van der Waals surface area contributed by atoms with Crippen molar-refractivity contribution in [2.45, 2.75) is 175 Å². The van der Waals surface area contributed by atoms with Crippen LogP contribution in [0.3, 0.4) is 0 Å². The number of alkyl carbamates (subject to hydrolysis) is 1. The van der Waals surface area contributed by atoms with Crippen molar-refractivity contribution in [2.24, 2.45) is 0 Å². The zero-order valence-electron chi connectivity index (χ0n) is 24.2. The van der Waals surface area contributed by atoms with Gasteiger partial charge in [-0.1, -0.05) is 110 Å². The SMILES string of the molecule is CCCCCCCCC(CCCCCCCC)NC(=O)CCCCCCCNC(=O)OC(C)(C)C. The van der Waals surface area contributed by atoms with Gasteiger partial charge in [0, 0.05) is 19.0 Å². The van der Waals surface area contributed by atoms with Gasteiger partial charge in [-0.05, 0) is 46.5 Å². The van der Waals surface area contributed by atoms with Crippen LogP contribution >= 0.6 is 0 Å². The first-order valence-corrected chi connectivity index (χ1v) is 15.0. The summed E-state index contributed by atoms with van der Waals surface area (Å²) in [5, 5.41) is 6.17. The smallest absolute Gasteiger partial charge is 0.407 e. The number of carbonyl (C=O) groups excluding carboxylic acids is 2. The molecule has 5 heteroatoms. The van der Waals surface area contributed by atoms with Crippen molar-refractivity contribution in [1.82, 2.24) is 10.6 Å². The summed E-state index contributed by atoms with van der Waals surface area (Å²) in [6.45, 7) is 10.8. The molecule has 35 heavy (non-hydrogen) atoms. The topological polar surface area (TPSA) is 67.4 Å². The molecular formula is C30H60N2O3. The summed E-state index contributed by atoms with van der Waals surface area (Å²) in [5.41, 5.74) is -0.451. The van der Waals surface area contributed by atoms with Crippen LogP contribution in [0.1, 0.15) is 163 Å². The van der Waals surface area contributed by atoms with Crippen molar-refractivity contribution in [1.29, 1.82) is 0 Å². The number of unbranched alkanes of at least 4 members (excludes halogenated alkanes) is 14. The Balaban J connectivity index is 3.99. The lowest BCUT2D eigenvalue weighted by atomic mass is 9.99. The lowest BCUT2D eigenvalue weighted by Gasteiger charge is -2.19. The third-order valence-corrected chi connectivity index (χ3v) is 6.43.